The van der Waals surface area contributed by atoms with Crippen LogP contribution in [0.2, 0.25) is 0 Å². The van der Waals surface area contributed by atoms with Crippen molar-refractivity contribution in [3.63, 3.8) is 0 Å². The van der Waals surface area contributed by atoms with Gasteiger partial charge in [-0.1, -0.05) is 0 Å². The van der Waals surface area contributed by atoms with Gasteiger partial charge in [-0.25, -0.2) is 0 Å². The second-order valence-corrected chi connectivity index (χ2v) is 8.14. The Morgan fingerprint density at radius 3 is 2.67 bits per heavy atom. The van der Waals surface area contributed by atoms with Gasteiger partial charge in [0.25, 0.3) is 0 Å². The van der Waals surface area contributed by atoms with Gasteiger partial charge in [0.15, 0.2) is 17.3 Å². The Morgan fingerprint density at radius 2 is 1.93 bits per heavy atom. The van der Waals surface area contributed by atoms with E-state index >= 15 is 0 Å². The fourth-order valence-corrected chi connectivity index (χ4v) is 4.41. The highest BCUT2D eigenvalue weighted by Gasteiger charge is 2.46. The van der Waals surface area contributed by atoms with E-state index in [4.69, 9.17) is 25.1 Å². The van der Waals surface area contributed by atoms with Gasteiger partial charge in [-0.2, -0.15) is 0 Å². The Bertz CT molecular complexity index is 1060. The summed E-state index contributed by atoms with van der Waals surface area (Å²) in [4.78, 5) is 13.6. The highest BCUT2D eigenvalue weighted by molar-refractivity contribution is 6.06. The lowest BCUT2D eigenvalue weighted by Crippen LogP contribution is -2.43. The number of Topliss-reactive ketones (excluding diaryl/α,β-unsaturated/α-hetero) is 1. The summed E-state index contributed by atoms with van der Waals surface area (Å²) in [5, 5.41) is 10.5. The number of carbonyl (C=O) groups excluding carboxylic acids is 1. The van der Waals surface area contributed by atoms with Gasteiger partial charge in [-0.05, 0) is 32.0 Å². The minimum atomic E-state index is -1.30. The van der Waals surface area contributed by atoms with Crippen LogP contribution in [0, 0.1) is 0 Å². The second-order valence-electron chi connectivity index (χ2n) is 8.14. The third-order valence-electron chi connectivity index (χ3n) is 6.01. The van der Waals surface area contributed by atoms with E-state index in [1.165, 1.54) is 0 Å². The Hall–Kier alpha value is -2.93. The van der Waals surface area contributed by atoms with Crippen molar-refractivity contribution in [3.05, 3.63) is 41.0 Å². The molecule has 1 N–H and O–H groups in total. The van der Waals surface area contributed by atoms with Crippen LogP contribution in [-0.2, 0) is 6.42 Å². The highest BCUT2D eigenvalue weighted by Crippen LogP contribution is 2.50. The van der Waals surface area contributed by atoms with Gasteiger partial charge in [0.05, 0.1) is 31.3 Å². The van der Waals surface area contributed by atoms with Crippen LogP contribution in [0.1, 0.15) is 42.6 Å². The number of fused-ring (bicyclic) bond motifs is 6. The zero-order valence-corrected chi connectivity index (χ0v) is 17.1. The molecule has 7 heteroatoms. The summed E-state index contributed by atoms with van der Waals surface area (Å²) in [7, 11) is 3.10. The number of carbonyl (C=O) groups is 1. The van der Waals surface area contributed by atoms with Crippen molar-refractivity contribution in [2.45, 2.75) is 44.0 Å². The Balaban J connectivity index is 1.55. The van der Waals surface area contributed by atoms with E-state index in [9.17, 15) is 9.90 Å². The van der Waals surface area contributed by atoms with E-state index in [1.54, 1.807) is 45.4 Å². The third-order valence-corrected chi connectivity index (χ3v) is 6.01. The Kier molecular flexibility index (Phi) is 3.90. The maximum Gasteiger partial charge on any atom is 0.178 e. The second kappa shape index (κ2) is 6.54. The largest absolute Gasteiger partial charge is 0.493 e. The number of hydrogen-bond donors (Lipinski definition) is 1. The maximum atomic E-state index is 13.6. The lowest BCUT2D eigenvalue weighted by Gasteiger charge is -2.37. The first kappa shape index (κ1) is 17.9. The van der Waals surface area contributed by atoms with Crippen LogP contribution in [0.25, 0.3) is 0 Å². The van der Waals surface area contributed by atoms with E-state index < -0.39 is 23.7 Å². The summed E-state index contributed by atoms with van der Waals surface area (Å²) in [6, 6.07) is 6.96. The van der Waals surface area contributed by atoms with Crippen LogP contribution in [0.5, 0.6) is 28.7 Å². The lowest BCUT2D eigenvalue weighted by atomic mass is 9.81. The van der Waals surface area contributed by atoms with E-state index in [2.05, 4.69) is 0 Å². The molecule has 158 valence electrons. The Labute approximate surface area is 175 Å². The number of aliphatic hydroxyl groups is 1. The molecule has 4 atom stereocenters. The first-order valence-electron chi connectivity index (χ1n) is 10.5. The average Bonchev–Trinajstić information content (AvgIpc) is 3.23. The molecule has 0 saturated heterocycles. The molecule has 0 unspecified atom stereocenters. The smallest absolute Gasteiger partial charge is 0.178 e. The number of ether oxygens (including phenoxy) is 5. The molecule has 0 fully saturated rings. The van der Waals surface area contributed by atoms with E-state index in [1.807, 2.05) is 0 Å². The zero-order valence-electron chi connectivity index (χ0n) is 18.1. The van der Waals surface area contributed by atoms with Crippen molar-refractivity contribution in [2.75, 3.05) is 20.8 Å². The summed E-state index contributed by atoms with van der Waals surface area (Å²) in [5.41, 5.74) is 0.644. The number of rotatable bonds is 3. The topological polar surface area (TPSA) is 83.5 Å². The molecule has 2 aromatic rings. The van der Waals surface area contributed by atoms with Crippen LogP contribution in [0.3, 0.4) is 0 Å². The molecule has 0 radical (unpaired) electrons. The predicted molar refractivity (Wildman–Crippen MR) is 107 cm³/mol. The molecule has 0 spiro atoms. The predicted octanol–water partition coefficient (Wildman–Crippen LogP) is 2.90. The normalized spacial score (nSPS) is 25.8. The monoisotopic (exact) mass is 414 g/mol. The van der Waals surface area contributed by atoms with Crippen LogP contribution in [0.4, 0.5) is 0 Å². The number of hydrogen-bond acceptors (Lipinski definition) is 7. The van der Waals surface area contributed by atoms with Gasteiger partial charge in [0.1, 0.15) is 36.1 Å². The van der Waals surface area contributed by atoms with Gasteiger partial charge in [0.2, 0.25) is 0 Å². The minimum Gasteiger partial charge on any atom is -0.493 e. The molecule has 30 heavy (non-hydrogen) atoms. The molecule has 2 aromatic carbocycles. The molecule has 0 aromatic heterocycles. The van der Waals surface area contributed by atoms with Crippen molar-refractivity contribution < 1.29 is 35.0 Å². The number of ketones is 1. The average molecular weight is 414 g/mol. The molecule has 0 saturated carbocycles. The fourth-order valence-electron chi connectivity index (χ4n) is 4.41. The van der Waals surface area contributed by atoms with Crippen molar-refractivity contribution in [1.29, 1.82) is 0 Å². The molecule has 0 aliphatic carbocycles. The summed E-state index contributed by atoms with van der Waals surface area (Å²) >= 11 is 0. The van der Waals surface area contributed by atoms with Crippen molar-refractivity contribution in [3.8, 4) is 28.7 Å². The SMILES string of the molecule is [3H]C[C@@](C)(O)[C@H]1Cc2c(ccc3c2O[C@@H]2COc4cc(OC)c(OC)cc4[C@@H]2C3=O)O1. The quantitative estimate of drug-likeness (QED) is 0.827. The molecular weight excluding hydrogens is 388 g/mol. The van der Waals surface area contributed by atoms with E-state index in [0.717, 1.165) is 5.56 Å². The standard InChI is InChI=1S/C23H24O7/c1-23(2,25)19-8-13-14(29-19)6-5-11-21(24)20-12-7-16(26-3)17(27-4)9-15(12)28-10-18(20)30-22(11)13/h5-7,9,18-20,25H,8,10H2,1-4H3/t18-,19-,20+/m1/s1/i1T/t18-,19-,20+,23+. The van der Waals surface area contributed by atoms with Crippen molar-refractivity contribution in [1.82, 2.24) is 0 Å². The van der Waals surface area contributed by atoms with Crippen molar-refractivity contribution in [2.24, 2.45) is 0 Å². The van der Waals surface area contributed by atoms with Gasteiger partial charge in [-0.3, -0.25) is 4.79 Å². The summed E-state index contributed by atoms with van der Waals surface area (Å²) in [6.45, 7) is 1.61. The van der Waals surface area contributed by atoms with Gasteiger partial charge >= 0.3 is 0 Å². The highest BCUT2D eigenvalue weighted by atomic mass is 16.5. The number of methoxy groups -OCH3 is 2. The molecule has 0 amide bonds. The van der Waals surface area contributed by atoms with Gasteiger partial charge in [-0.15, -0.1) is 0 Å². The van der Waals surface area contributed by atoms with Crippen LogP contribution in [0.15, 0.2) is 24.3 Å². The zero-order chi connectivity index (χ0) is 21.9. The van der Waals surface area contributed by atoms with Crippen molar-refractivity contribution >= 4 is 5.78 Å². The van der Waals surface area contributed by atoms with Crippen LogP contribution < -0.4 is 23.7 Å². The Morgan fingerprint density at radius 1 is 1.17 bits per heavy atom. The molecular formula is C23H24O7. The maximum absolute atomic E-state index is 13.6. The van der Waals surface area contributed by atoms with Crippen LogP contribution in [-0.4, -0.2) is 49.5 Å². The minimum absolute atomic E-state index is 0.0541. The molecule has 3 heterocycles. The summed E-state index contributed by atoms with van der Waals surface area (Å²) in [5.74, 6) is 2.12. The molecule has 3 aliphatic heterocycles. The molecule has 0 bridgehead atoms. The molecule has 5 rings (SSSR count). The van der Waals surface area contributed by atoms with Crippen LogP contribution >= 0.6 is 0 Å². The number of benzene rings is 2. The first-order valence-corrected chi connectivity index (χ1v) is 9.81. The fraction of sp³-hybridized carbons (Fsp3) is 0.435. The van der Waals surface area contributed by atoms with E-state index in [0.29, 0.717) is 46.3 Å². The summed E-state index contributed by atoms with van der Waals surface area (Å²) < 4.78 is 36.5. The summed E-state index contributed by atoms with van der Waals surface area (Å²) in [6.07, 6.45) is -0.687. The first-order chi connectivity index (χ1) is 14.9. The third kappa shape index (κ3) is 2.72. The molecule has 3 aliphatic rings. The van der Waals surface area contributed by atoms with Gasteiger partial charge in [0, 0.05) is 25.0 Å². The molecule has 7 nitrogen and oxygen atoms in total. The van der Waals surface area contributed by atoms with Gasteiger partial charge < -0.3 is 28.8 Å². The van der Waals surface area contributed by atoms with E-state index in [-0.39, 0.29) is 19.3 Å². The lowest BCUT2D eigenvalue weighted by molar-refractivity contribution is -0.0230.